The summed E-state index contributed by atoms with van der Waals surface area (Å²) in [6, 6.07) is 5.80. The first kappa shape index (κ1) is 22.1. The van der Waals surface area contributed by atoms with E-state index in [2.05, 4.69) is 16.8 Å². The number of benzene rings is 1. The van der Waals surface area contributed by atoms with Gasteiger partial charge in [0.05, 0.1) is 6.10 Å². The van der Waals surface area contributed by atoms with E-state index in [0.717, 1.165) is 49.0 Å². The van der Waals surface area contributed by atoms with E-state index < -0.39 is 6.04 Å². The minimum Gasteiger partial charge on any atom is -0.489 e. The summed E-state index contributed by atoms with van der Waals surface area (Å²) >= 11 is 0. The van der Waals surface area contributed by atoms with Crippen LogP contribution in [0.3, 0.4) is 0 Å². The SMILES string of the molecule is C=C1CCC(N2Cc3cc(O[C@@H]4CCCC[C@@H]4N4CC(OCC5CC5)C4)ccc3C2=O)C(=O)N1. The Kier molecular flexibility index (Phi) is 5.86. The lowest BCUT2D eigenvalue weighted by atomic mass is 9.89. The number of carbonyl (C=O) groups excluding carboxylic acids is 2. The molecule has 0 aromatic heterocycles. The third kappa shape index (κ3) is 4.36. The van der Waals surface area contributed by atoms with Gasteiger partial charge in [-0.2, -0.15) is 0 Å². The fraction of sp³-hybridized carbons (Fsp3) is 0.630. The Morgan fingerprint density at radius 1 is 1.06 bits per heavy atom. The molecule has 2 aliphatic carbocycles. The molecule has 4 fully saturated rings. The van der Waals surface area contributed by atoms with Crippen LogP contribution in [0.2, 0.25) is 0 Å². The Labute approximate surface area is 201 Å². The molecule has 2 saturated carbocycles. The van der Waals surface area contributed by atoms with Crippen LogP contribution in [0.4, 0.5) is 0 Å². The lowest BCUT2D eigenvalue weighted by Gasteiger charge is -2.48. The summed E-state index contributed by atoms with van der Waals surface area (Å²) in [6.07, 6.45) is 9.21. The van der Waals surface area contributed by atoms with Crippen LogP contribution in [-0.2, 0) is 16.1 Å². The molecule has 34 heavy (non-hydrogen) atoms. The molecule has 1 unspecified atom stereocenters. The minimum atomic E-state index is -0.431. The van der Waals surface area contributed by atoms with Gasteiger partial charge in [-0.25, -0.2) is 0 Å². The fourth-order valence-corrected chi connectivity index (χ4v) is 5.91. The first-order valence-electron chi connectivity index (χ1n) is 13.0. The Hall–Kier alpha value is -2.38. The van der Waals surface area contributed by atoms with Crippen molar-refractivity contribution in [3.8, 4) is 5.75 Å². The molecule has 182 valence electrons. The summed E-state index contributed by atoms with van der Waals surface area (Å²) in [7, 11) is 0. The summed E-state index contributed by atoms with van der Waals surface area (Å²) in [4.78, 5) is 29.7. The monoisotopic (exact) mass is 465 g/mol. The van der Waals surface area contributed by atoms with Gasteiger partial charge in [0, 0.05) is 43.5 Å². The molecule has 0 spiro atoms. The summed E-state index contributed by atoms with van der Waals surface area (Å²) in [5.41, 5.74) is 2.36. The van der Waals surface area contributed by atoms with Gasteiger partial charge in [-0.05, 0) is 74.6 Å². The van der Waals surface area contributed by atoms with Gasteiger partial charge in [-0.15, -0.1) is 0 Å². The van der Waals surface area contributed by atoms with Gasteiger partial charge in [0.15, 0.2) is 0 Å². The molecular weight excluding hydrogens is 430 g/mol. The quantitative estimate of drug-likeness (QED) is 0.670. The van der Waals surface area contributed by atoms with Crippen molar-refractivity contribution in [2.45, 2.75) is 82.2 Å². The van der Waals surface area contributed by atoms with E-state index in [1.165, 1.54) is 32.1 Å². The number of hydrogen-bond acceptors (Lipinski definition) is 5. The second-order valence-corrected chi connectivity index (χ2v) is 10.8. The van der Waals surface area contributed by atoms with E-state index in [9.17, 15) is 9.59 Å². The normalized spacial score (nSPS) is 30.2. The Balaban J connectivity index is 1.09. The highest BCUT2D eigenvalue weighted by molar-refractivity contribution is 6.01. The largest absolute Gasteiger partial charge is 0.489 e. The molecular formula is C27H35N3O4. The van der Waals surface area contributed by atoms with Gasteiger partial charge >= 0.3 is 0 Å². The average molecular weight is 466 g/mol. The fourth-order valence-electron chi connectivity index (χ4n) is 5.91. The van der Waals surface area contributed by atoms with Crippen LogP contribution in [0.15, 0.2) is 30.5 Å². The van der Waals surface area contributed by atoms with Crippen LogP contribution < -0.4 is 10.1 Å². The molecule has 3 atom stereocenters. The highest BCUT2D eigenvalue weighted by Crippen LogP contribution is 2.35. The first-order valence-corrected chi connectivity index (χ1v) is 13.0. The maximum atomic E-state index is 13.0. The smallest absolute Gasteiger partial charge is 0.255 e. The molecule has 7 nitrogen and oxygen atoms in total. The number of piperidine rings is 1. The predicted molar refractivity (Wildman–Crippen MR) is 127 cm³/mol. The number of nitrogens with zero attached hydrogens (tertiary/aromatic N) is 2. The number of amides is 2. The summed E-state index contributed by atoms with van der Waals surface area (Å²) in [6.45, 7) is 7.26. The predicted octanol–water partition coefficient (Wildman–Crippen LogP) is 3.24. The number of nitrogens with one attached hydrogen (secondary N) is 1. The molecule has 0 radical (unpaired) electrons. The molecule has 2 amide bonds. The van der Waals surface area contributed by atoms with Crippen LogP contribution in [0, 0.1) is 5.92 Å². The Morgan fingerprint density at radius 2 is 1.88 bits per heavy atom. The highest BCUT2D eigenvalue weighted by Gasteiger charge is 2.41. The summed E-state index contributed by atoms with van der Waals surface area (Å²) in [5, 5.41) is 2.80. The van der Waals surface area contributed by atoms with E-state index in [-0.39, 0.29) is 17.9 Å². The third-order valence-corrected chi connectivity index (χ3v) is 8.17. The van der Waals surface area contributed by atoms with Gasteiger partial charge in [-0.3, -0.25) is 14.5 Å². The first-order chi connectivity index (χ1) is 16.5. The van der Waals surface area contributed by atoms with Crippen LogP contribution in [0.1, 0.15) is 67.3 Å². The molecule has 7 heteroatoms. The maximum absolute atomic E-state index is 13.0. The zero-order valence-electron chi connectivity index (χ0n) is 19.8. The Morgan fingerprint density at radius 3 is 2.68 bits per heavy atom. The van der Waals surface area contributed by atoms with Gasteiger partial charge in [0.1, 0.15) is 17.9 Å². The lowest BCUT2D eigenvalue weighted by Crippen LogP contribution is -2.61. The third-order valence-electron chi connectivity index (χ3n) is 8.17. The molecule has 2 saturated heterocycles. The van der Waals surface area contributed by atoms with E-state index in [4.69, 9.17) is 9.47 Å². The zero-order valence-corrected chi connectivity index (χ0v) is 19.8. The molecule has 3 aliphatic heterocycles. The van der Waals surface area contributed by atoms with Gasteiger partial charge in [-0.1, -0.05) is 13.0 Å². The number of hydrogen-bond donors (Lipinski definition) is 1. The molecule has 6 rings (SSSR count). The van der Waals surface area contributed by atoms with Gasteiger partial charge < -0.3 is 19.7 Å². The van der Waals surface area contributed by atoms with Crippen molar-refractivity contribution < 1.29 is 19.1 Å². The van der Waals surface area contributed by atoms with Gasteiger partial charge in [0.2, 0.25) is 5.91 Å². The number of fused-ring (bicyclic) bond motifs is 1. The van der Waals surface area contributed by atoms with E-state index in [1.807, 2.05) is 18.2 Å². The molecule has 5 aliphatic rings. The average Bonchev–Trinajstić information content (AvgIpc) is 3.57. The molecule has 1 aromatic carbocycles. The van der Waals surface area contributed by atoms with E-state index in [0.29, 0.717) is 37.1 Å². The van der Waals surface area contributed by atoms with E-state index >= 15 is 0 Å². The topological polar surface area (TPSA) is 71.1 Å². The van der Waals surface area contributed by atoms with Crippen LogP contribution in [0.5, 0.6) is 5.75 Å². The maximum Gasteiger partial charge on any atom is 0.255 e. The van der Waals surface area contributed by atoms with Crippen molar-refractivity contribution in [1.82, 2.24) is 15.1 Å². The highest BCUT2D eigenvalue weighted by atomic mass is 16.5. The van der Waals surface area contributed by atoms with Crippen LogP contribution in [-0.4, -0.2) is 65.6 Å². The number of carbonyl (C=O) groups is 2. The van der Waals surface area contributed by atoms with Crippen molar-refractivity contribution in [3.05, 3.63) is 41.6 Å². The number of ether oxygens (including phenoxy) is 2. The lowest BCUT2D eigenvalue weighted by molar-refractivity contribution is -0.126. The Bertz CT molecular complexity index is 984. The molecule has 1 N–H and O–H groups in total. The zero-order chi connectivity index (χ0) is 23.2. The molecule has 1 aromatic rings. The number of allylic oxidation sites excluding steroid dienone is 1. The molecule has 0 bridgehead atoms. The second-order valence-electron chi connectivity index (χ2n) is 10.8. The van der Waals surface area contributed by atoms with Crippen molar-refractivity contribution in [1.29, 1.82) is 0 Å². The van der Waals surface area contributed by atoms with E-state index in [1.54, 1.807) is 4.90 Å². The second kappa shape index (κ2) is 9.00. The summed E-state index contributed by atoms with van der Waals surface area (Å²) < 4.78 is 12.6. The molecule has 3 heterocycles. The van der Waals surface area contributed by atoms with Gasteiger partial charge in [0.25, 0.3) is 5.91 Å². The van der Waals surface area contributed by atoms with Crippen LogP contribution in [0.25, 0.3) is 0 Å². The van der Waals surface area contributed by atoms with Crippen molar-refractivity contribution in [2.24, 2.45) is 5.92 Å². The van der Waals surface area contributed by atoms with Crippen molar-refractivity contribution in [2.75, 3.05) is 19.7 Å². The van der Waals surface area contributed by atoms with Crippen molar-refractivity contribution in [3.63, 3.8) is 0 Å². The minimum absolute atomic E-state index is 0.0671. The number of likely N-dealkylation sites (tertiary alicyclic amines) is 1. The van der Waals surface area contributed by atoms with Crippen molar-refractivity contribution >= 4 is 11.8 Å². The van der Waals surface area contributed by atoms with Crippen LogP contribution >= 0.6 is 0 Å². The number of rotatable bonds is 7. The standard InChI is InChI=1S/C27H35N3O4/c1-17-6-11-24(26(31)28-17)30-13-19-12-20(9-10-22(19)27(30)32)34-25-5-3-2-4-23(25)29-14-21(15-29)33-16-18-7-8-18/h9-10,12,18,21,23-25H,1-8,11,13-16H2,(H,28,31)/t23-,24?,25+/m0/s1. The summed E-state index contributed by atoms with van der Waals surface area (Å²) in [5.74, 6) is 1.44.